The van der Waals surface area contributed by atoms with E-state index in [1.54, 1.807) is 0 Å². The van der Waals surface area contributed by atoms with E-state index in [0.717, 1.165) is 0 Å². The van der Waals surface area contributed by atoms with Crippen molar-refractivity contribution >= 4 is 15.9 Å². The van der Waals surface area contributed by atoms with Crippen LogP contribution < -0.4 is 0 Å². The zero-order chi connectivity index (χ0) is 9.78. The molecule has 0 nitrogen and oxygen atoms in total. The van der Waals surface area contributed by atoms with Gasteiger partial charge in [-0.25, -0.2) is 0 Å². The lowest BCUT2D eigenvalue weighted by Crippen LogP contribution is -2.48. The summed E-state index contributed by atoms with van der Waals surface area (Å²) in [5, 5.41) is 0. The van der Waals surface area contributed by atoms with Gasteiger partial charge in [0.05, 0.1) is 4.83 Å². The smallest absolute Gasteiger partial charge is 0.200 e. The van der Waals surface area contributed by atoms with E-state index in [4.69, 9.17) is 0 Å². The van der Waals surface area contributed by atoms with Crippen LogP contribution in [0.15, 0.2) is 0 Å². The maximum Gasteiger partial charge on any atom is 0.373 e. The molecule has 1 fully saturated rings. The Morgan fingerprint density at radius 2 is 1.42 bits per heavy atom. The number of hydrogen-bond acceptors (Lipinski definition) is 0. The van der Waals surface area contributed by atoms with Gasteiger partial charge in [0.25, 0.3) is 0 Å². The van der Waals surface area contributed by atoms with E-state index in [-0.39, 0.29) is 0 Å². The highest BCUT2D eigenvalue weighted by molar-refractivity contribution is 9.09. The number of halogens is 7. The van der Waals surface area contributed by atoms with Crippen molar-refractivity contribution in [3.63, 3.8) is 0 Å². The first-order valence-electron chi connectivity index (χ1n) is 2.90. The molecule has 0 spiro atoms. The number of alkyl halides is 7. The Bertz CT molecular complexity index is 200. The molecule has 0 radical (unpaired) electrons. The van der Waals surface area contributed by atoms with Crippen molar-refractivity contribution in [3.05, 3.63) is 0 Å². The average Bonchev–Trinajstić information content (AvgIpc) is 1.92. The number of hydrogen-bond donors (Lipinski definition) is 0. The van der Waals surface area contributed by atoms with E-state index in [9.17, 15) is 26.3 Å². The van der Waals surface area contributed by atoms with Gasteiger partial charge < -0.3 is 0 Å². The minimum Gasteiger partial charge on any atom is -0.200 e. The molecule has 1 rings (SSSR count). The third-order valence-corrected chi connectivity index (χ3v) is 2.61. The number of rotatable bonds is 0. The summed E-state index contributed by atoms with van der Waals surface area (Å²) < 4.78 is 73.5. The minimum absolute atomic E-state index is 1.55. The lowest BCUT2D eigenvalue weighted by molar-refractivity contribution is -0.269. The molecular formula is C5H3BrF6. The van der Waals surface area contributed by atoms with E-state index in [0.29, 0.717) is 0 Å². The first kappa shape index (κ1) is 10.1. The quantitative estimate of drug-likeness (QED) is 0.462. The summed E-state index contributed by atoms with van der Waals surface area (Å²) in [7, 11) is 0. The largest absolute Gasteiger partial charge is 0.373 e. The Labute approximate surface area is 72.1 Å². The van der Waals surface area contributed by atoms with E-state index in [1.165, 1.54) is 0 Å². The molecule has 7 heteroatoms. The van der Waals surface area contributed by atoms with Gasteiger partial charge in [0, 0.05) is 6.42 Å². The second-order valence-corrected chi connectivity index (χ2v) is 3.68. The molecule has 1 unspecified atom stereocenters. The molecule has 0 amide bonds. The van der Waals surface area contributed by atoms with Crippen LogP contribution in [0.5, 0.6) is 0 Å². The highest BCUT2D eigenvalue weighted by Gasteiger charge is 2.79. The van der Waals surface area contributed by atoms with Gasteiger partial charge in [0.15, 0.2) is 0 Å². The molecule has 0 heterocycles. The van der Waals surface area contributed by atoms with E-state index < -0.39 is 29.0 Å². The molecule has 0 aromatic rings. The minimum atomic E-state index is -5.26. The summed E-state index contributed by atoms with van der Waals surface area (Å²) in [5.41, 5.74) is 0. The third kappa shape index (κ3) is 0.978. The lowest BCUT2D eigenvalue weighted by Gasteiger charge is -2.23. The van der Waals surface area contributed by atoms with Crippen molar-refractivity contribution in [3.8, 4) is 0 Å². The summed E-state index contributed by atoms with van der Waals surface area (Å²) in [4.78, 5) is -2.17. The Morgan fingerprint density at radius 3 is 1.50 bits per heavy atom. The molecule has 1 aliphatic carbocycles. The second kappa shape index (κ2) is 2.30. The summed E-state index contributed by atoms with van der Waals surface area (Å²) in [6.45, 7) is 0. The summed E-state index contributed by atoms with van der Waals surface area (Å²) in [5.74, 6) is -14.6. The van der Waals surface area contributed by atoms with Crippen molar-refractivity contribution in [2.75, 3.05) is 0 Å². The van der Waals surface area contributed by atoms with Gasteiger partial charge in [0.1, 0.15) is 0 Å². The highest BCUT2D eigenvalue weighted by atomic mass is 79.9. The van der Waals surface area contributed by atoms with Crippen LogP contribution in [-0.4, -0.2) is 22.6 Å². The van der Waals surface area contributed by atoms with Crippen molar-refractivity contribution < 1.29 is 26.3 Å². The van der Waals surface area contributed by atoms with Crippen LogP contribution in [0.1, 0.15) is 6.42 Å². The van der Waals surface area contributed by atoms with Gasteiger partial charge in [-0.2, -0.15) is 26.3 Å². The van der Waals surface area contributed by atoms with Crippen LogP contribution >= 0.6 is 15.9 Å². The molecule has 0 bridgehead atoms. The molecule has 1 atom stereocenters. The van der Waals surface area contributed by atoms with E-state index >= 15 is 0 Å². The van der Waals surface area contributed by atoms with Gasteiger partial charge in [-0.3, -0.25) is 0 Å². The molecule has 1 saturated carbocycles. The van der Waals surface area contributed by atoms with Crippen LogP contribution in [0.3, 0.4) is 0 Å². The molecular weight excluding hydrogens is 254 g/mol. The van der Waals surface area contributed by atoms with E-state index in [2.05, 4.69) is 15.9 Å². The van der Waals surface area contributed by atoms with Gasteiger partial charge in [-0.1, -0.05) is 15.9 Å². The normalized spacial score (nSPS) is 36.8. The van der Waals surface area contributed by atoms with Gasteiger partial charge in [-0.05, 0) is 0 Å². The molecule has 12 heavy (non-hydrogen) atoms. The zero-order valence-corrected chi connectivity index (χ0v) is 7.02. The fourth-order valence-electron chi connectivity index (χ4n) is 0.922. The first-order chi connectivity index (χ1) is 5.13. The SMILES string of the molecule is FC1(F)CC(Br)C(F)(F)C1(F)F. The summed E-state index contributed by atoms with van der Waals surface area (Å²) >= 11 is 2.10. The predicted molar refractivity (Wildman–Crippen MR) is 32.2 cm³/mol. The van der Waals surface area contributed by atoms with Crippen LogP contribution in [0, 0.1) is 0 Å². The predicted octanol–water partition coefficient (Wildman–Crippen LogP) is 3.06. The summed E-state index contributed by atoms with van der Waals surface area (Å²) in [6, 6.07) is 0. The standard InChI is InChI=1S/C5H3BrF6/c6-2-1-3(7,8)5(11,12)4(2,9)10/h2H,1H2. The topological polar surface area (TPSA) is 0 Å². The molecule has 0 aromatic heterocycles. The fraction of sp³-hybridized carbons (Fsp3) is 1.00. The Hall–Kier alpha value is 0.0600. The van der Waals surface area contributed by atoms with E-state index in [1.807, 2.05) is 0 Å². The van der Waals surface area contributed by atoms with Crippen molar-refractivity contribution in [2.45, 2.75) is 29.0 Å². The van der Waals surface area contributed by atoms with Crippen molar-refractivity contribution in [1.82, 2.24) is 0 Å². The van der Waals surface area contributed by atoms with Crippen LogP contribution in [0.2, 0.25) is 0 Å². The third-order valence-electron chi connectivity index (χ3n) is 1.71. The fourth-order valence-corrected chi connectivity index (χ4v) is 1.62. The highest BCUT2D eigenvalue weighted by Crippen LogP contribution is 2.58. The monoisotopic (exact) mass is 256 g/mol. The molecule has 72 valence electrons. The first-order valence-corrected chi connectivity index (χ1v) is 3.82. The lowest BCUT2D eigenvalue weighted by atomic mass is 10.2. The Morgan fingerprint density at radius 1 is 1.00 bits per heavy atom. The van der Waals surface area contributed by atoms with Crippen LogP contribution in [-0.2, 0) is 0 Å². The second-order valence-electron chi connectivity index (χ2n) is 2.57. The molecule has 0 aliphatic heterocycles. The Kier molecular flexibility index (Phi) is 1.94. The van der Waals surface area contributed by atoms with Gasteiger partial charge >= 0.3 is 17.8 Å². The maximum atomic E-state index is 12.3. The van der Waals surface area contributed by atoms with Crippen LogP contribution in [0.25, 0.3) is 0 Å². The summed E-state index contributed by atoms with van der Waals surface area (Å²) in [6.07, 6.45) is -1.55. The van der Waals surface area contributed by atoms with Crippen LogP contribution in [0.4, 0.5) is 26.3 Å². The van der Waals surface area contributed by atoms with Crippen molar-refractivity contribution in [1.29, 1.82) is 0 Å². The average molecular weight is 257 g/mol. The van der Waals surface area contributed by atoms with Crippen molar-refractivity contribution in [2.24, 2.45) is 0 Å². The molecule has 0 saturated heterocycles. The van der Waals surface area contributed by atoms with Gasteiger partial charge in [0.2, 0.25) is 0 Å². The zero-order valence-electron chi connectivity index (χ0n) is 5.43. The maximum absolute atomic E-state index is 12.3. The molecule has 0 aromatic carbocycles. The molecule has 0 N–H and O–H groups in total. The molecule has 1 aliphatic rings. The van der Waals surface area contributed by atoms with Gasteiger partial charge in [-0.15, -0.1) is 0 Å². The Balaban J connectivity index is 3.10.